The Morgan fingerprint density at radius 3 is 2.74 bits per heavy atom. The molecule has 2 aliphatic rings. The van der Waals surface area contributed by atoms with Crippen LogP contribution in [0.1, 0.15) is 22.6 Å². The lowest BCUT2D eigenvalue weighted by atomic mass is 10.1. The van der Waals surface area contributed by atoms with Crippen LogP contribution in [0.5, 0.6) is 11.5 Å². The lowest BCUT2D eigenvalue weighted by Gasteiger charge is -2.14. The van der Waals surface area contributed by atoms with E-state index in [1.54, 1.807) is 14.2 Å². The minimum Gasteiger partial charge on any atom is -0.493 e. The van der Waals surface area contributed by atoms with Gasteiger partial charge in [-0.25, -0.2) is 0 Å². The van der Waals surface area contributed by atoms with Crippen molar-refractivity contribution in [2.45, 2.75) is 24.9 Å². The Morgan fingerprint density at radius 2 is 1.96 bits per heavy atom. The molecular formula is C19H20ClNO2. The molecule has 0 spiro atoms. The first-order valence-corrected chi connectivity index (χ1v) is 8.33. The van der Waals surface area contributed by atoms with E-state index in [-0.39, 0.29) is 0 Å². The summed E-state index contributed by atoms with van der Waals surface area (Å²) in [5, 5.41) is 4.29. The maximum Gasteiger partial charge on any atom is 0.179 e. The fourth-order valence-electron chi connectivity index (χ4n) is 3.92. The first kappa shape index (κ1) is 14.9. The Morgan fingerprint density at radius 1 is 1.13 bits per heavy atom. The highest BCUT2D eigenvalue weighted by Crippen LogP contribution is 2.56. The molecule has 2 aliphatic carbocycles. The van der Waals surface area contributed by atoms with Gasteiger partial charge in [-0.15, -0.1) is 0 Å². The number of benzene rings is 2. The second-order valence-electron chi connectivity index (χ2n) is 6.27. The van der Waals surface area contributed by atoms with Gasteiger partial charge in [-0.2, -0.15) is 0 Å². The highest BCUT2D eigenvalue weighted by atomic mass is 35.5. The molecule has 1 fully saturated rings. The van der Waals surface area contributed by atoms with Crippen LogP contribution in [0.2, 0.25) is 5.02 Å². The second-order valence-corrected chi connectivity index (χ2v) is 6.65. The van der Waals surface area contributed by atoms with Gasteiger partial charge in [0, 0.05) is 18.5 Å². The molecule has 0 bridgehead atoms. The zero-order valence-electron chi connectivity index (χ0n) is 13.3. The van der Waals surface area contributed by atoms with Crippen molar-refractivity contribution in [1.29, 1.82) is 0 Å². The fourth-order valence-corrected chi connectivity index (χ4v) is 4.22. The van der Waals surface area contributed by atoms with E-state index in [9.17, 15) is 0 Å². The smallest absolute Gasteiger partial charge is 0.179 e. The van der Waals surface area contributed by atoms with Crippen LogP contribution >= 0.6 is 11.6 Å². The average Bonchev–Trinajstić information content (AvgIpc) is 3.11. The predicted molar refractivity (Wildman–Crippen MR) is 91.6 cm³/mol. The Bertz CT molecular complexity index is 746. The van der Waals surface area contributed by atoms with Crippen LogP contribution in [0.3, 0.4) is 0 Å². The quantitative estimate of drug-likeness (QED) is 0.905. The summed E-state index contributed by atoms with van der Waals surface area (Å²) >= 11 is 6.45. The molecule has 120 valence electrons. The Labute approximate surface area is 141 Å². The molecule has 2 aromatic carbocycles. The van der Waals surface area contributed by atoms with Gasteiger partial charge in [0.1, 0.15) is 0 Å². The van der Waals surface area contributed by atoms with Crippen LogP contribution in [0.4, 0.5) is 0 Å². The summed E-state index contributed by atoms with van der Waals surface area (Å²) < 4.78 is 10.6. The van der Waals surface area contributed by atoms with Crippen LogP contribution in [0.25, 0.3) is 0 Å². The van der Waals surface area contributed by atoms with Crippen molar-refractivity contribution >= 4 is 11.6 Å². The van der Waals surface area contributed by atoms with Crippen LogP contribution in [-0.4, -0.2) is 20.3 Å². The average molecular weight is 330 g/mol. The van der Waals surface area contributed by atoms with E-state index in [1.165, 1.54) is 17.5 Å². The van der Waals surface area contributed by atoms with Gasteiger partial charge in [-0.05, 0) is 35.1 Å². The molecule has 4 rings (SSSR count). The normalized spacial score (nSPS) is 24.0. The van der Waals surface area contributed by atoms with Gasteiger partial charge in [0.15, 0.2) is 11.5 Å². The summed E-state index contributed by atoms with van der Waals surface area (Å²) in [5.41, 5.74) is 4.08. The molecule has 1 saturated carbocycles. The van der Waals surface area contributed by atoms with E-state index in [1.807, 2.05) is 12.1 Å². The van der Waals surface area contributed by atoms with Gasteiger partial charge in [0.25, 0.3) is 0 Å². The highest BCUT2D eigenvalue weighted by molar-refractivity contribution is 6.33. The molecule has 3 atom stereocenters. The molecule has 23 heavy (non-hydrogen) atoms. The maximum absolute atomic E-state index is 6.45. The van der Waals surface area contributed by atoms with Crippen molar-refractivity contribution in [1.82, 2.24) is 5.32 Å². The van der Waals surface area contributed by atoms with E-state index < -0.39 is 0 Å². The van der Waals surface area contributed by atoms with E-state index in [0.717, 1.165) is 18.0 Å². The van der Waals surface area contributed by atoms with Crippen molar-refractivity contribution < 1.29 is 9.47 Å². The topological polar surface area (TPSA) is 30.5 Å². The third-order valence-corrected chi connectivity index (χ3v) is 5.55. The molecule has 0 saturated heterocycles. The Hall–Kier alpha value is -1.71. The van der Waals surface area contributed by atoms with Crippen LogP contribution in [0, 0.1) is 5.92 Å². The lowest BCUT2D eigenvalue weighted by molar-refractivity contribution is 0.354. The number of methoxy groups -OCH3 is 2. The molecule has 4 heteroatoms. The number of halogens is 1. The van der Waals surface area contributed by atoms with E-state index in [2.05, 4.69) is 29.6 Å². The molecule has 3 nitrogen and oxygen atoms in total. The van der Waals surface area contributed by atoms with Gasteiger partial charge in [-0.1, -0.05) is 41.9 Å². The number of nitrogens with one attached hydrogen (secondary N) is 1. The number of fused-ring (bicyclic) bond motifs is 3. The van der Waals surface area contributed by atoms with E-state index in [0.29, 0.717) is 28.5 Å². The standard InChI is InChI=1S/C19H20ClNO2/c1-22-15-8-7-12(17(20)19(15)23-2)10-21-18-14-9-11-5-3-4-6-13(11)16(14)18/h3-8,14,16,18,21H,9-10H2,1-2H3. The third-order valence-electron chi connectivity index (χ3n) is 5.13. The van der Waals surface area contributed by atoms with Gasteiger partial charge in [0.05, 0.1) is 19.2 Å². The molecular weight excluding hydrogens is 310 g/mol. The summed E-state index contributed by atoms with van der Waals surface area (Å²) in [6, 6.07) is 13.3. The summed E-state index contributed by atoms with van der Waals surface area (Å²) in [6.07, 6.45) is 1.19. The first-order valence-electron chi connectivity index (χ1n) is 7.95. The Kier molecular flexibility index (Phi) is 3.70. The number of hydrogen-bond donors (Lipinski definition) is 1. The summed E-state index contributed by atoms with van der Waals surface area (Å²) in [5.74, 6) is 2.68. The van der Waals surface area contributed by atoms with E-state index >= 15 is 0 Å². The van der Waals surface area contributed by atoms with Crippen molar-refractivity contribution in [3.8, 4) is 11.5 Å². The molecule has 1 N–H and O–H groups in total. The molecule has 0 aromatic heterocycles. The van der Waals surface area contributed by atoms with Gasteiger partial charge >= 0.3 is 0 Å². The second kappa shape index (κ2) is 5.73. The summed E-state index contributed by atoms with van der Waals surface area (Å²) in [7, 11) is 3.23. The number of hydrogen-bond acceptors (Lipinski definition) is 3. The van der Waals surface area contributed by atoms with Gasteiger partial charge in [-0.3, -0.25) is 0 Å². The minimum atomic E-state index is 0.564. The third kappa shape index (κ3) is 2.39. The minimum absolute atomic E-state index is 0.564. The summed E-state index contributed by atoms with van der Waals surface area (Å²) in [4.78, 5) is 0. The van der Waals surface area contributed by atoms with Crippen LogP contribution in [0.15, 0.2) is 36.4 Å². The van der Waals surface area contributed by atoms with E-state index in [4.69, 9.17) is 21.1 Å². The van der Waals surface area contributed by atoms with Crippen LogP contribution < -0.4 is 14.8 Å². The largest absolute Gasteiger partial charge is 0.493 e. The number of rotatable bonds is 5. The zero-order valence-corrected chi connectivity index (χ0v) is 14.1. The van der Waals surface area contributed by atoms with Crippen molar-refractivity contribution in [3.05, 3.63) is 58.1 Å². The molecule has 0 amide bonds. The molecule has 0 heterocycles. The molecule has 3 unspecified atom stereocenters. The first-order chi connectivity index (χ1) is 11.2. The molecule has 0 aliphatic heterocycles. The highest BCUT2D eigenvalue weighted by Gasteiger charge is 2.55. The van der Waals surface area contributed by atoms with Gasteiger partial charge in [0.2, 0.25) is 0 Å². The molecule has 0 radical (unpaired) electrons. The fraction of sp³-hybridized carbons (Fsp3) is 0.368. The van der Waals surface area contributed by atoms with Crippen LogP contribution in [-0.2, 0) is 13.0 Å². The number of ether oxygens (including phenoxy) is 2. The lowest BCUT2D eigenvalue weighted by Crippen LogP contribution is -2.21. The van der Waals surface area contributed by atoms with Crippen molar-refractivity contribution in [2.24, 2.45) is 5.92 Å². The Balaban J connectivity index is 1.46. The molecule has 2 aromatic rings. The maximum atomic E-state index is 6.45. The monoisotopic (exact) mass is 329 g/mol. The summed E-state index contributed by atoms with van der Waals surface area (Å²) in [6.45, 7) is 0.749. The van der Waals surface area contributed by atoms with Crippen molar-refractivity contribution in [3.63, 3.8) is 0 Å². The van der Waals surface area contributed by atoms with Gasteiger partial charge < -0.3 is 14.8 Å². The predicted octanol–water partition coefficient (Wildman–Crippen LogP) is 3.79. The van der Waals surface area contributed by atoms with Crippen molar-refractivity contribution in [2.75, 3.05) is 14.2 Å². The SMILES string of the molecule is COc1ccc(CNC2C3Cc4ccccc4C32)c(Cl)c1OC. The zero-order chi connectivity index (χ0) is 16.0.